The van der Waals surface area contributed by atoms with E-state index in [9.17, 15) is 14.7 Å². The zero-order valence-electron chi connectivity index (χ0n) is 21.6. The number of ketones is 1. The van der Waals surface area contributed by atoms with E-state index in [1.165, 1.54) is 89.9 Å². The summed E-state index contributed by atoms with van der Waals surface area (Å²) in [5.41, 5.74) is -0.0623. The minimum atomic E-state index is -0.673. The van der Waals surface area contributed by atoms with Crippen molar-refractivity contribution in [3.8, 4) is 0 Å². The number of carbonyl (C=O) groups is 2. The smallest absolute Gasteiger partial charge is 0.303 e. The van der Waals surface area contributed by atoms with Gasteiger partial charge in [0.15, 0.2) is 5.78 Å². The maximum atomic E-state index is 12.5. The lowest BCUT2D eigenvalue weighted by Crippen LogP contribution is -2.38. The second kappa shape index (κ2) is 19.0. The van der Waals surface area contributed by atoms with E-state index in [4.69, 9.17) is 0 Å². The molecule has 0 radical (unpaired) electrons. The molecule has 2 rings (SSSR count). The van der Waals surface area contributed by atoms with Crippen molar-refractivity contribution in [1.82, 2.24) is 5.32 Å². The van der Waals surface area contributed by atoms with Crippen molar-refractivity contribution in [3.63, 3.8) is 0 Å². The molecule has 2 aliphatic carbocycles. The Hall–Kier alpha value is -0.200. The topological polar surface area (TPSA) is 66.4 Å². The molecule has 0 atom stereocenters. The third kappa shape index (κ3) is 14.4. The maximum Gasteiger partial charge on any atom is 0.303 e. The van der Waals surface area contributed by atoms with Crippen LogP contribution in [-0.4, -0.2) is 52.5 Å². The molecule has 2 saturated carbocycles. The molecular formula is C28H51NO3S2. The highest BCUT2D eigenvalue weighted by Gasteiger charge is 2.33. The first-order chi connectivity index (χ1) is 16.6. The highest BCUT2D eigenvalue weighted by atomic mass is 32.2. The van der Waals surface area contributed by atoms with Gasteiger partial charge in [-0.25, -0.2) is 0 Å². The van der Waals surface area contributed by atoms with Crippen molar-refractivity contribution in [1.29, 1.82) is 0 Å². The molecule has 0 bridgehead atoms. The number of carboxylic acids is 1. The lowest BCUT2D eigenvalue weighted by Gasteiger charge is -2.36. The molecule has 0 unspecified atom stereocenters. The third-order valence-corrected chi connectivity index (χ3v) is 10.1. The minimum Gasteiger partial charge on any atom is -0.481 e. The second-order valence-corrected chi connectivity index (χ2v) is 13.2. The van der Waals surface area contributed by atoms with E-state index >= 15 is 0 Å². The summed E-state index contributed by atoms with van der Waals surface area (Å²) in [5, 5.41) is 13.5. The van der Waals surface area contributed by atoms with Gasteiger partial charge in [-0.2, -0.15) is 23.5 Å². The molecule has 0 aromatic rings. The molecule has 6 heteroatoms. The quantitative estimate of drug-likeness (QED) is 0.264. The van der Waals surface area contributed by atoms with Crippen LogP contribution in [0.2, 0.25) is 0 Å². The zero-order valence-corrected chi connectivity index (χ0v) is 23.3. The van der Waals surface area contributed by atoms with Crippen molar-refractivity contribution in [3.05, 3.63) is 0 Å². The summed E-state index contributed by atoms with van der Waals surface area (Å²) in [4.78, 5) is 23.8. The van der Waals surface area contributed by atoms with Crippen molar-refractivity contribution in [2.24, 2.45) is 5.41 Å². The number of rotatable bonds is 12. The average Bonchev–Trinajstić information content (AvgIpc) is 2.82. The second-order valence-electron chi connectivity index (χ2n) is 10.8. The van der Waals surface area contributed by atoms with Crippen LogP contribution in [0.4, 0.5) is 0 Å². The van der Waals surface area contributed by atoms with Gasteiger partial charge >= 0.3 is 5.97 Å². The zero-order chi connectivity index (χ0) is 24.3. The molecule has 34 heavy (non-hydrogen) atoms. The van der Waals surface area contributed by atoms with Gasteiger partial charge in [0, 0.05) is 24.1 Å². The van der Waals surface area contributed by atoms with Crippen molar-refractivity contribution in [2.45, 2.75) is 127 Å². The predicted octanol–water partition coefficient (Wildman–Crippen LogP) is 7.49. The van der Waals surface area contributed by atoms with E-state index in [0.29, 0.717) is 22.5 Å². The van der Waals surface area contributed by atoms with Gasteiger partial charge in [-0.15, -0.1) is 0 Å². The Kier molecular flexibility index (Phi) is 16.8. The molecule has 198 valence electrons. The first-order valence-electron chi connectivity index (χ1n) is 14.2. The molecule has 0 spiro atoms. The maximum absolute atomic E-state index is 12.5. The summed E-state index contributed by atoms with van der Waals surface area (Å²) in [6.07, 6.45) is 23.7. The Morgan fingerprint density at radius 2 is 1.29 bits per heavy atom. The van der Waals surface area contributed by atoms with E-state index in [2.05, 4.69) is 5.32 Å². The van der Waals surface area contributed by atoms with Crippen LogP contribution in [0.15, 0.2) is 0 Å². The van der Waals surface area contributed by atoms with Crippen LogP contribution < -0.4 is 5.32 Å². The van der Waals surface area contributed by atoms with Crippen LogP contribution in [0.5, 0.6) is 0 Å². The molecule has 0 aromatic heterocycles. The van der Waals surface area contributed by atoms with E-state index in [-0.39, 0.29) is 11.8 Å². The normalized spacial score (nSPS) is 21.5. The van der Waals surface area contributed by atoms with Crippen LogP contribution in [0.3, 0.4) is 0 Å². The van der Waals surface area contributed by atoms with Crippen LogP contribution >= 0.6 is 23.5 Å². The molecule has 0 aliphatic heterocycles. The summed E-state index contributed by atoms with van der Waals surface area (Å²) < 4.78 is 0. The lowest BCUT2D eigenvalue weighted by molar-refractivity contribution is -0.140. The third-order valence-electron chi connectivity index (χ3n) is 7.66. The summed E-state index contributed by atoms with van der Waals surface area (Å²) in [6, 6.07) is 0. The van der Waals surface area contributed by atoms with Gasteiger partial charge < -0.3 is 10.4 Å². The lowest BCUT2D eigenvalue weighted by atomic mass is 9.72. The Morgan fingerprint density at radius 3 is 1.85 bits per heavy atom. The number of carbonyl (C=O) groups excluding carboxylic acids is 1. The van der Waals surface area contributed by atoms with Gasteiger partial charge in [-0.05, 0) is 31.1 Å². The standard InChI is InChI=1S/C28H51NO3S2/c30-25(22-33-20-19-29-24-28(21-27(31)32)17-13-10-14-18-28)23-34-26-15-11-8-6-4-2-1-3-5-7-9-12-16-26/h26,29H,1-24H2,(H,31,32). The van der Waals surface area contributed by atoms with Gasteiger partial charge in [-0.3, -0.25) is 9.59 Å². The molecule has 0 aromatic carbocycles. The Balaban J connectivity index is 1.57. The molecule has 2 N–H and O–H groups in total. The van der Waals surface area contributed by atoms with Gasteiger partial charge in [0.2, 0.25) is 0 Å². The van der Waals surface area contributed by atoms with Gasteiger partial charge in [0.1, 0.15) is 0 Å². The Bertz CT molecular complexity index is 538. The fraction of sp³-hybridized carbons (Fsp3) is 0.929. The fourth-order valence-corrected chi connectivity index (χ4v) is 7.70. The molecule has 2 aliphatic rings. The Labute approximate surface area is 217 Å². The summed E-state index contributed by atoms with van der Waals surface area (Å²) in [7, 11) is 0. The van der Waals surface area contributed by atoms with E-state index in [1.807, 2.05) is 11.8 Å². The number of Topliss-reactive ketones (excluding diaryl/α,β-unsaturated/α-hetero) is 1. The number of hydrogen-bond acceptors (Lipinski definition) is 5. The summed E-state index contributed by atoms with van der Waals surface area (Å²) >= 11 is 3.65. The average molecular weight is 514 g/mol. The van der Waals surface area contributed by atoms with Crippen LogP contribution in [-0.2, 0) is 9.59 Å². The predicted molar refractivity (Wildman–Crippen MR) is 149 cm³/mol. The van der Waals surface area contributed by atoms with Crippen molar-refractivity contribution >= 4 is 35.3 Å². The van der Waals surface area contributed by atoms with Crippen LogP contribution in [0.1, 0.15) is 122 Å². The number of hydrogen-bond donors (Lipinski definition) is 2. The summed E-state index contributed by atoms with van der Waals surface area (Å²) in [5.74, 6) is 1.91. The number of aliphatic carboxylic acids is 1. The number of nitrogens with one attached hydrogen (secondary N) is 1. The molecule has 0 amide bonds. The van der Waals surface area contributed by atoms with Gasteiger partial charge in [0.25, 0.3) is 0 Å². The molecule has 0 saturated heterocycles. The van der Waals surface area contributed by atoms with E-state index < -0.39 is 5.97 Å². The molecule has 2 fully saturated rings. The SMILES string of the molecule is O=C(O)CC1(CNCCSCC(=O)CSC2CCCCCCCCCCCCC2)CCCCC1. The first kappa shape index (κ1) is 30.0. The minimum absolute atomic E-state index is 0.0623. The van der Waals surface area contributed by atoms with Crippen molar-refractivity contribution < 1.29 is 14.7 Å². The van der Waals surface area contributed by atoms with Gasteiger partial charge in [0.05, 0.1) is 17.9 Å². The largest absolute Gasteiger partial charge is 0.481 e. The molecular weight excluding hydrogens is 462 g/mol. The number of carboxylic acid groups (broad SMARTS) is 1. The highest BCUT2D eigenvalue weighted by molar-refractivity contribution is 8.01. The van der Waals surface area contributed by atoms with E-state index in [1.54, 1.807) is 11.8 Å². The Morgan fingerprint density at radius 1 is 0.765 bits per heavy atom. The molecule has 4 nitrogen and oxygen atoms in total. The van der Waals surface area contributed by atoms with Crippen LogP contribution in [0.25, 0.3) is 0 Å². The first-order valence-corrected chi connectivity index (χ1v) is 16.4. The van der Waals surface area contributed by atoms with Gasteiger partial charge in [-0.1, -0.05) is 89.9 Å². The molecule has 0 heterocycles. The highest BCUT2D eigenvalue weighted by Crippen LogP contribution is 2.38. The van der Waals surface area contributed by atoms with Crippen LogP contribution in [0, 0.1) is 5.41 Å². The van der Waals surface area contributed by atoms with E-state index in [0.717, 1.165) is 44.5 Å². The number of thioether (sulfide) groups is 2. The fourth-order valence-electron chi connectivity index (χ4n) is 5.62. The monoisotopic (exact) mass is 513 g/mol. The summed E-state index contributed by atoms with van der Waals surface area (Å²) in [6.45, 7) is 1.65. The van der Waals surface area contributed by atoms with Crippen molar-refractivity contribution in [2.75, 3.05) is 30.3 Å².